The Labute approximate surface area is 142 Å². The zero-order valence-electron chi connectivity index (χ0n) is 15.1. The summed E-state index contributed by atoms with van der Waals surface area (Å²) in [5.74, 6) is 1.74. The maximum absolute atomic E-state index is 3.90. The van der Waals surface area contributed by atoms with Crippen molar-refractivity contribution in [3.8, 4) is 0 Å². The molecule has 2 aliphatic rings. The van der Waals surface area contributed by atoms with Crippen LogP contribution in [0.4, 0.5) is 0 Å². The van der Waals surface area contributed by atoms with Crippen molar-refractivity contribution in [1.29, 1.82) is 0 Å². The highest BCUT2D eigenvalue weighted by Gasteiger charge is 2.25. The van der Waals surface area contributed by atoms with Gasteiger partial charge in [0.15, 0.2) is 0 Å². The Bertz CT molecular complexity index is 461. The Balaban J connectivity index is 1.48. The molecular formula is C21H34N2. The van der Waals surface area contributed by atoms with Crippen LogP contribution in [-0.4, -0.2) is 30.6 Å². The summed E-state index contributed by atoms with van der Waals surface area (Å²) in [6.07, 6.45) is 8.60. The molecule has 0 aromatic heterocycles. The van der Waals surface area contributed by atoms with E-state index in [1.54, 1.807) is 0 Å². The molecule has 3 rings (SSSR count). The number of piperidine rings is 1. The van der Waals surface area contributed by atoms with Crippen molar-refractivity contribution < 1.29 is 0 Å². The topological polar surface area (TPSA) is 15.3 Å². The predicted octanol–water partition coefficient (Wildman–Crippen LogP) is 4.38. The lowest BCUT2D eigenvalue weighted by Gasteiger charge is -2.38. The first-order valence-corrected chi connectivity index (χ1v) is 9.70. The number of hydrogen-bond donors (Lipinski definition) is 1. The summed E-state index contributed by atoms with van der Waals surface area (Å²) in [7, 11) is 0. The molecular weight excluding hydrogens is 280 g/mol. The fourth-order valence-corrected chi connectivity index (χ4v) is 4.42. The van der Waals surface area contributed by atoms with E-state index in [1.807, 2.05) is 0 Å². The van der Waals surface area contributed by atoms with Crippen molar-refractivity contribution in [2.75, 3.05) is 19.6 Å². The molecule has 1 saturated carbocycles. The lowest BCUT2D eigenvalue weighted by molar-refractivity contribution is 0.138. The SMILES string of the molecule is Cc1ccc(CN2CC(C)CC(NCC3CCCCC3)C2)cc1. The lowest BCUT2D eigenvalue weighted by Crippen LogP contribution is -2.49. The summed E-state index contributed by atoms with van der Waals surface area (Å²) in [6, 6.07) is 9.74. The summed E-state index contributed by atoms with van der Waals surface area (Å²) in [4.78, 5) is 2.65. The van der Waals surface area contributed by atoms with Crippen LogP contribution < -0.4 is 5.32 Å². The minimum Gasteiger partial charge on any atom is -0.312 e. The van der Waals surface area contributed by atoms with Gasteiger partial charge in [0.2, 0.25) is 0 Å². The minimum atomic E-state index is 0.686. The van der Waals surface area contributed by atoms with Crippen LogP contribution in [0, 0.1) is 18.8 Å². The van der Waals surface area contributed by atoms with Crippen LogP contribution in [0.2, 0.25) is 0 Å². The van der Waals surface area contributed by atoms with Crippen LogP contribution in [0.5, 0.6) is 0 Å². The van der Waals surface area contributed by atoms with Crippen molar-refractivity contribution in [2.24, 2.45) is 11.8 Å². The van der Waals surface area contributed by atoms with Gasteiger partial charge in [-0.15, -0.1) is 0 Å². The molecule has 1 aliphatic carbocycles. The van der Waals surface area contributed by atoms with E-state index < -0.39 is 0 Å². The average molecular weight is 315 g/mol. The van der Waals surface area contributed by atoms with Crippen molar-refractivity contribution in [3.05, 3.63) is 35.4 Å². The van der Waals surface area contributed by atoms with Crippen LogP contribution in [0.3, 0.4) is 0 Å². The molecule has 2 nitrogen and oxygen atoms in total. The molecule has 2 atom stereocenters. The van der Waals surface area contributed by atoms with Gasteiger partial charge in [-0.1, -0.05) is 56.0 Å². The normalized spacial score (nSPS) is 27.2. The Hall–Kier alpha value is -0.860. The maximum atomic E-state index is 3.90. The van der Waals surface area contributed by atoms with Crippen LogP contribution in [0.1, 0.15) is 56.6 Å². The molecule has 1 heterocycles. The fraction of sp³-hybridized carbons (Fsp3) is 0.714. The van der Waals surface area contributed by atoms with Gasteiger partial charge in [0.05, 0.1) is 0 Å². The molecule has 0 amide bonds. The first-order chi connectivity index (χ1) is 11.2. The molecule has 2 heteroatoms. The lowest BCUT2D eigenvalue weighted by atomic mass is 9.88. The summed E-state index contributed by atoms with van der Waals surface area (Å²) < 4.78 is 0. The van der Waals surface area contributed by atoms with Gasteiger partial charge in [-0.25, -0.2) is 0 Å². The molecule has 2 unspecified atom stereocenters. The van der Waals surface area contributed by atoms with Gasteiger partial charge < -0.3 is 5.32 Å². The molecule has 0 spiro atoms. The smallest absolute Gasteiger partial charge is 0.0234 e. The number of likely N-dealkylation sites (tertiary alicyclic amines) is 1. The minimum absolute atomic E-state index is 0.686. The highest BCUT2D eigenvalue weighted by Crippen LogP contribution is 2.24. The van der Waals surface area contributed by atoms with E-state index in [9.17, 15) is 0 Å². The standard InChI is InChI=1S/C21H34N2/c1-17-8-10-20(11-9-17)15-23-14-18(2)12-21(16-23)22-13-19-6-4-3-5-7-19/h8-11,18-19,21-22H,3-7,12-16H2,1-2H3. The number of hydrogen-bond acceptors (Lipinski definition) is 2. The van der Waals surface area contributed by atoms with Gasteiger partial charge in [-0.05, 0) is 50.1 Å². The third kappa shape index (κ3) is 5.32. The number of nitrogens with zero attached hydrogens (tertiary/aromatic N) is 1. The van der Waals surface area contributed by atoms with Gasteiger partial charge >= 0.3 is 0 Å². The molecule has 128 valence electrons. The molecule has 1 aliphatic heterocycles. The van der Waals surface area contributed by atoms with Crippen LogP contribution in [-0.2, 0) is 6.54 Å². The molecule has 0 bridgehead atoms. The zero-order chi connectivity index (χ0) is 16.1. The molecule has 2 fully saturated rings. The van der Waals surface area contributed by atoms with Crippen LogP contribution >= 0.6 is 0 Å². The molecule has 1 aromatic rings. The van der Waals surface area contributed by atoms with Crippen molar-refractivity contribution in [2.45, 2.75) is 65.0 Å². The van der Waals surface area contributed by atoms with Crippen molar-refractivity contribution >= 4 is 0 Å². The van der Waals surface area contributed by atoms with Crippen molar-refractivity contribution in [3.63, 3.8) is 0 Å². The third-order valence-electron chi connectivity index (χ3n) is 5.68. The van der Waals surface area contributed by atoms with E-state index in [1.165, 1.54) is 69.3 Å². The van der Waals surface area contributed by atoms with Crippen LogP contribution in [0.25, 0.3) is 0 Å². The number of rotatable bonds is 5. The quantitative estimate of drug-likeness (QED) is 0.868. The number of aryl methyl sites for hydroxylation is 1. The second-order valence-corrected chi connectivity index (χ2v) is 8.13. The Morgan fingerprint density at radius 2 is 1.78 bits per heavy atom. The van der Waals surface area contributed by atoms with Gasteiger partial charge in [-0.2, -0.15) is 0 Å². The monoisotopic (exact) mass is 314 g/mol. The molecule has 1 aromatic carbocycles. The molecule has 1 N–H and O–H groups in total. The van der Waals surface area contributed by atoms with E-state index >= 15 is 0 Å². The van der Waals surface area contributed by atoms with Gasteiger partial charge in [0.25, 0.3) is 0 Å². The third-order valence-corrected chi connectivity index (χ3v) is 5.68. The van der Waals surface area contributed by atoms with Crippen LogP contribution in [0.15, 0.2) is 24.3 Å². The summed E-state index contributed by atoms with van der Waals surface area (Å²) in [5, 5.41) is 3.90. The number of nitrogens with one attached hydrogen (secondary N) is 1. The van der Waals surface area contributed by atoms with E-state index in [0.29, 0.717) is 6.04 Å². The molecule has 1 saturated heterocycles. The predicted molar refractivity (Wildman–Crippen MR) is 98.6 cm³/mol. The van der Waals surface area contributed by atoms with Gasteiger partial charge in [-0.3, -0.25) is 4.90 Å². The van der Waals surface area contributed by atoms with Gasteiger partial charge in [0.1, 0.15) is 0 Å². The summed E-state index contributed by atoms with van der Waals surface area (Å²) >= 11 is 0. The van der Waals surface area contributed by atoms with E-state index in [-0.39, 0.29) is 0 Å². The molecule has 0 radical (unpaired) electrons. The summed E-state index contributed by atoms with van der Waals surface area (Å²) in [5.41, 5.74) is 2.81. The second-order valence-electron chi connectivity index (χ2n) is 8.13. The highest BCUT2D eigenvalue weighted by molar-refractivity contribution is 5.21. The van der Waals surface area contributed by atoms with E-state index in [0.717, 1.165) is 18.4 Å². The zero-order valence-corrected chi connectivity index (χ0v) is 15.1. The van der Waals surface area contributed by atoms with E-state index in [2.05, 4.69) is 48.3 Å². The Kier molecular flexibility index (Phi) is 6.13. The summed E-state index contributed by atoms with van der Waals surface area (Å²) in [6.45, 7) is 9.39. The van der Waals surface area contributed by atoms with Crippen molar-refractivity contribution in [1.82, 2.24) is 10.2 Å². The maximum Gasteiger partial charge on any atom is 0.0234 e. The highest BCUT2D eigenvalue weighted by atomic mass is 15.2. The second kappa shape index (κ2) is 8.30. The van der Waals surface area contributed by atoms with Gasteiger partial charge in [0, 0.05) is 25.7 Å². The largest absolute Gasteiger partial charge is 0.312 e. The molecule has 23 heavy (non-hydrogen) atoms. The first kappa shape index (κ1) is 17.0. The Morgan fingerprint density at radius 1 is 1.04 bits per heavy atom. The first-order valence-electron chi connectivity index (χ1n) is 9.70. The average Bonchev–Trinajstić information content (AvgIpc) is 2.56. The fourth-order valence-electron chi connectivity index (χ4n) is 4.42. The Morgan fingerprint density at radius 3 is 2.52 bits per heavy atom. The number of benzene rings is 1. The van der Waals surface area contributed by atoms with E-state index in [4.69, 9.17) is 0 Å².